The summed E-state index contributed by atoms with van der Waals surface area (Å²) < 4.78 is 36.9. The number of para-hydroxylation sites is 1. The van der Waals surface area contributed by atoms with Gasteiger partial charge in [-0.3, -0.25) is 4.79 Å². The minimum absolute atomic E-state index is 0.0828. The van der Waals surface area contributed by atoms with Gasteiger partial charge in [-0.1, -0.05) is 24.3 Å². The number of rotatable bonds is 2. The summed E-state index contributed by atoms with van der Waals surface area (Å²) in [6.07, 6.45) is 0. The minimum atomic E-state index is -4.32. The molecule has 3 aromatic rings. The number of aromatic nitrogens is 2. The highest BCUT2D eigenvalue weighted by Gasteiger charge is 2.29. The van der Waals surface area contributed by atoms with Gasteiger partial charge in [0.05, 0.1) is 10.9 Å². The van der Waals surface area contributed by atoms with E-state index >= 15 is 0 Å². The first-order valence-electron chi connectivity index (χ1n) is 6.28. The highest BCUT2D eigenvalue weighted by atomic mass is 32.2. The lowest BCUT2D eigenvalue weighted by atomic mass is 10.2. The van der Waals surface area contributed by atoms with Crippen LogP contribution in [-0.2, 0) is 0 Å². The third-order valence-corrected chi connectivity index (χ3v) is 3.71. The Morgan fingerprint density at radius 2 is 1.68 bits per heavy atom. The summed E-state index contributed by atoms with van der Waals surface area (Å²) in [5, 5.41) is 0.468. The van der Waals surface area contributed by atoms with Crippen LogP contribution < -0.4 is 5.56 Å². The van der Waals surface area contributed by atoms with Crippen molar-refractivity contribution < 1.29 is 13.2 Å². The van der Waals surface area contributed by atoms with Gasteiger partial charge in [0.2, 0.25) is 0 Å². The number of alkyl halides is 3. The fraction of sp³-hybridized carbons (Fsp3) is 0.0667. The highest BCUT2D eigenvalue weighted by molar-refractivity contribution is 8.00. The van der Waals surface area contributed by atoms with Crippen LogP contribution in [0.15, 0.2) is 58.2 Å². The van der Waals surface area contributed by atoms with Gasteiger partial charge < -0.3 is 4.98 Å². The molecule has 0 radical (unpaired) electrons. The molecule has 2 aromatic carbocycles. The monoisotopic (exact) mass is 322 g/mol. The van der Waals surface area contributed by atoms with Crippen molar-refractivity contribution in [3.05, 3.63) is 58.9 Å². The lowest BCUT2D eigenvalue weighted by Gasteiger charge is -2.07. The number of hydrogen-bond donors (Lipinski definition) is 1. The van der Waals surface area contributed by atoms with Crippen molar-refractivity contribution in [3.63, 3.8) is 0 Å². The van der Waals surface area contributed by atoms with E-state index in [9.17, 15) is 18.0 Å². The molecule has 1 heterocycles. The zero-order valence-corrected chi connectivity index (χ0v) is 11.8. The van der Waals surface area contributed by atoms with E-state index in [-0.39, 0.29) is 22.2 Å². The molecule has 0 saturated heterocycles. The molecule has 7 heteroatoms. The van der Waals surface area contributed by atoms with E-state index in [2.05, 4.69) is 9.97 Å². The largest absolute Gasteiger partial charge is 0.446 e. The molecule has 3 nitrogen and oxygen atoms in total. The van der Waals surface area contributed by atoms with Crippen molar-refractivity contribution in [1.29, 1.82) is 0 Å². The Balaban J connectivity index is 1.99. The van der Waals surface area contributed by atoms with Gasteiger partial charge >= 0.3 is 5.51 Å². The summed E-state index contributed by atoms with van der Waals surface area (Å²) in [4.78, 5) is 19.0. The summed E-state index contributed by atoms with van der Waals surface area (Å²) in [5.41, 5.74) is -3.52. The smallest absolute Gasteiger partial charge is 0.306 e. The number of thioether (sulfide) groups is 1. The van der Waals surface area contributed by atoms with Crippen LogP contribution in [0.2, 0.25) is 0 Å². The first kappa shape index (κ1) is 14.6. The molecule has 0 saturated carbocycles. The summed E-state index contributed by atoms with van der Waals surface area (Å²) in [6.45, 7) is 0. The Labute approximate surface area is 127 Å². The van der Waals surface area contributed by atoms with Crippen LogP contribution in [0.1, 0.15) is 0 Å². The van der Waals surface area contributed by atoms with Gasteiger partial charge in [-0.25, -0.2) is 4.98 Å². The molecular formula is C15H9F3N2OS. The second kappa shape index (κ2) is 5.49. The summed E-state index contributed by atoms with van der Waals surface area (Å²) in [7, 11) is 0. The molecular weight excluding hydrogens is 313 g/mol. The summed E-state index contributed by atoms with van der Waals surface area (Å²) in [6, 6.07) is 12.6. The fourth-order valence-corrected chi connectivity index (χ4v) is 2.58. The number of H-pyrrole nitrogens is 1. The predicted molar refractivity (Wildman–Crippen MR) is 79.7 cm³/mol. The molecule has 0 aliphatic carbocycles. The van der Waals surface area contributed by atoms with Crippen molar-refractivity contribution in [2.75, 3.05) is 0 Å². The standard InChI is InChI=1S/C15H9F3N2OS/c16-15(17,18)22-10-7-5-9(6-8-10)13-19-12-4-2-1-3-11(12)14(21)20-13/h1-8H,(H,19,20,21). The second-order valence-electron chi connectivity index (χ2n) is 4.50. The van der Waals surface area contributed by atoms with Gasteiger partial charge in [0.1, 0.15) is 5.82 Å². The van der Waals surface area contributed by atoms with Crippen LogP contribution in [0.25, 0.3) is 22.3 Å². The van der Waals surface area contributed by atoms with Crippen LogP contribution in [0.5, 0.6) is 0 Å². The Kier molecular flexibility index (Phi) is 3.66. The van der Waals surface area contributed by atoms with Gasteiger partial charge in [0, 0.05) is 10.5 Å². The minimum Gasteiger partial charge on any atom is -0.306 e. The lowest BCUT2D eigenvalue weighted by Crippen LogP contribution is -2.09. The lowest BCUT2D eigenvalue weighted by molar-refractivity contribution is -0.0328. The average Bonchev–Trinajstić information content (AvgIpc) is 2.46. The van der Waals surface area contributed by atoms with Crippen molar-refractivity contribution in [3.8, 4) is 11.4 Å². The maximum Gasteiger partial charge on any atom is 0.446 e. The maximum atomic E-state index is 12.3. The molecule has 0 bridgehead atoms. The molecule has 0 fully saturated rings. The average molecular weight is 322 g/mol. The van der Waals surface area contributed by atoms with Crippen LogP contribution >= 0.6 is 11.8 Å². The Bertz CT molecular complexity index is 872. The SMILES string of the molecule is O=c1[nH]c(-c2ccc(SC(F)(F)F)cc2)nc2ccccc12. The zero-order chi connectivity index (χ0) is 15.7. The van der Waals surface area contributed by atoms with E-state index in [1.165, 1.54) is 24.3 Å². The Morgan fingerprint density at radius 3 is 2.36 bits per heavy atom. The van der Waals surface area contributed by atoms with Crippen LogP contribution in [0.4, 0.5) is 13.2 Å². The predicted octanol–water partition coefficient (Wildman–Crippen LogP) is 4.20. The van der Waals surface area contributed by atoms with Crippen LogP contribution in [0, 0.1) is 0 Å². The van der Waals surface area contributed by atoms with Gasteiger partial charge in [-0.2, -0.15) is 13.2 Å². The molecule has 1 aromatic heterocycles. The first-order chi connectivity index (χ1) is 10.4. The van der Waals surface area contributed by atoms with Gasteiger partial charge in [0.25, 0.3) is 5.56 Å². The maximum absolute atomic E-state index is 12.3. The topological polar surface area (TPSA) is 45.8 Å². The van der Waals surface area contributed by atoms with E-state index in [0.29, 0.717) is 22.3 Å². The first-order valence-corrected chi connectivity index (χ1v) is 7.09. The molecule has 0 unspecified atom stereocenters. The van der Waals surface area contributed by atoms with Crippen molar-refractivity contribution in [2.24, 2.45) is 0 Å². The number of nitrogens with one attached hydrogen (secondary N) is 1. The molecule has 0 amide bonds. The van der Waals surface area contributed by atoms with Gasteiger partial charge in [-0.15, -0.1) is 0 Å². The zero-order valence-electron chi connectivity index (χ0n) is 11.0. The quantitative estimate of drug-likeness (QED) is 0.719. The van der Waals surface area contributed by atoms with E-state index in [1.54, 1.807) is 24.3 Å². The van der Waals surface area contributed by atoms with Crippen molar-refractivity contribution in [1.82, 2.24) is 9.97 Å². The van der Waals surface area contributed by atoms with Crippen LogP contribution in [0.3, 0.4) is 0 Å². The van der Waals surface area contributed by atoms with Crippen molar-refractivity contribution >= 4 is 22.7 Å². The molecule has 0 atom stereocenters. The normalized spacial score (nSPS) is 11.8. The molecule has 22 heavy (non-hydrogen) atoms. The number of aromatic amines is 1. The molecule has 112 valence electrons. The summed E-state index contributed by atoms with van der Waals surface area (Å²) >= 11 is -0.182. The van der Waals surface area contributed by atoms with E-state index < -0.39 is 5.51 Å². The van der Waals surface area contributed by atoms with Gasteiger partial charge in [-0.05, 0) is 36.0 Å². The van der Waals surface area contributed by atoms with Crippen molar-refractivity contribution in [2.45, 2.75) is 10.4 Å². The molecule has 0 spiro atoms. The highest BCUT2D eigenvalue weighted by Crippen LogP contribution is 2.37. The second-order valence-corrected chi connectivity index (χ2v) is 5.64. The number of hydrogen-bond acceptors (Lipinski definition) is 3. The molecule has 1 N–H and O–H groups in total. The fourth-order valence-electron chi connectivity index (χ4n) is 2.04. The number of fused-ring (bicyclic) bond motifs is 1. The molecule has 0 aliphatic heterocycles. The number of halogens is 3. The Morgan fingerprint density at radius 1 is 1.00 bits per heavy atom. The van der Waals surface area contributed by atoms with Gasteiger partial charge in [0.15, 0.2) is 0 Å². The van der Waals surface area contributed by atoms with E-state index in [4.69, 9.17) is 0 Å². The summed E-state index contributed by atoms with van der Waals surface area (Å²) in [5.74, 6) is 0.326. The number of benzene rings is 2. The van der Waals surface area contributed by atoms with E-state index in [0.717, 1.165) is 0 Å². The third-order valence-electron chi connectivity index (χ3n) is 2.97. The third kappa shape index (κ3) is 3.14. The van der Waals surface area contributed by atoms with Crippen LogP contribution in [-0.4, -0.2) is 15.5 Å². The molecule has 0 aliphatic rings. The number of nitrogens with zero attached hydrogens (tertiary/aromatic N) is 1. The Hall–Kier alpha value is -2.28. The molecule has 3 rings (SSSR count). The van der Waals surface area contributed by atoms with E-state index in [1.807, 2.05) is 0 Å².